The molecule has 3 aliphatic rings. The number of nitrogens with one attached hydrogen (secondary N) is 1. The molecule has 1 aromatic carbocycles. The fraction of sp³-hybridized carbons (Fsp3) is 0.590. The van der Waals surface area contributed by atoms with Crippen molar-refractivity contribution in [3.05, 3.63) is 52.3 Å². The number of nitrogens with zero attached hydrogens (tertiary/aromatic N) is 7. The van der Waals surface area contributed by atoms with Crippen LogP contribution in [0.2, 0.25) is 0 Å². The molecule has 0 radical (unpaired) electrons. The van der Waals surface area contributed by atoms with Crippen molar-refractivity contribution in [1.29, 1.82) is 5.26 Å². The lowest BCUT2D eigenvalue weighted by Crippen LogP contribution is -2.49. The van der Waals surface area contributed by atoms with Crippen molar-refractivity contribution in [3.8, 4) is 6.07 Å². The number of thiophene rings is 1. The molecule has 1 saturated carbocycles. The van der Waals surface area contributed by atoms with E-state index < -0.39 is 12.6 Å². The molecule has 1 aliphatic carbocycles. The SMILES string of the molecule is Cc1c(CN2CCC(Nc3ncnc4sc(CC(F)(F)F)cc34)CC2)ccc2c1cc(C#N)n2CCN1CCN(C(=O)CCC2CCCCC2)CC1. The molecule has 3 fully saturated rings. The Hall–Kier alpha value is -3.73. The van der Waals surface area contributed by atoms with Gasteiger partial charge in [-0.05, 0) is 61.4 Å². The summed E-state index contributed by atoms with van der Waals surface area (Å²) < 4.78 is 41.1. The van der Waals surface area contributed by atoms with E-state index in [0.29, 0.717) is 34.1 Å². The molecular weight excluding hydrogens is 686 g/mol. The first kappa shape index (κ1) is 36.6. The molecule has 1 N–H and O–H groups in total. The lowest BCUT2D eigenvalue weighted by molar-refractivity contribution is -0.133. The Balaban J connectivity index is 0.907. The van der Waals surface area contributed by atoms with Crippen LogP contribution in [0.3, 0.4) is 0 Å². The number of piperazine rings is 1. The third-order valence-corrected chi connectivity index (χ3v) is 12.6. The molecule has 9 nitrogen and oxygen atoms in total. The van der Waals surface area contributed by atoms with Crippen molar-refractivity contribution in [2.45, 2.75) is 96.4 Å². The zero-order chi connectivity index (χ0) is 36.2. The van der Waals surface area contributed by atoms with Crippen LogP contribution in [0.5, 0.6) is 0 Å². The maximum absolute atomic E-state index is 13.0. The van der Waals surface area contributed by atoms with E-state index in [1.165, 1.54) is 49.6 Å². The number of hydrogen-bond acceptors (Lipinski definition) is 8. The highest BCUT2D eigenvalue weighted by atomic mass is 32.1. The van der Waals surface area contributed by atoms with Gasteiger partial charge in [-0.1, -0.05) is 38.2 Å². The second kappa shape index (κ2) is 16.1. The number of carbonyl (C=O) groups excluding carboxylic acids is 1. The molecular formula is C39H49F3N8OS. The Morgan fingerprint density at radius 2 is 1.73 bits per heavy atom. The summed E-state index contributed by atoms with van der Waals surface area (Å²) in [7, 11) is 0. The Bertz CT molecular complexity index is 1890. The standard InChI is InChI=1S/C39H49F3N8OS/c1-27-29(25-48-13-11-30(12-14-48)46-37-34-22-32(23-39(40,41)42)52-38(34)45-26-44-37)8-9-35-33(27)21-31(24-43)50(35)20-17-47-15-18-49(19-16-47)36(51)10-7-28-5-3-2-4-6-28/h8-9,21-22,26,28,30H,2-7,10-20,23,25H2,1H3,(H,44,45,46). The zero-order valence-electron chi connectivity index (χ0n) is 30.1. The number of hydrogen-bond donors (Lipinski definition) is 1. The number of likely N-dealkylation sites (tertiary alicyclic amines) is 1. The summed E-state index contributed by atoms with van der Waals surface area (Å²) in [5, 5.41) is 15.3. The van der Waals surface area contributed by atoms with E-state index in [1.807, 2.05) is 6.07 Å². The van der Waals surface area contributed by atoms with Crippen molar-refractivity contribution in [1.82, 2.24) is 29.2 Å². The summed E-state index contributed by atoms with van der Waals surface area (Å²) in [5.41, 5.74) is 4.20. The molecule has 1 amide bonds. The average Bonchev–Trinajstić information content (AvgIpc) is 3.72. The van der Waals surface area contributed by atoms with Gasteiger partial charge in [0.2, 0.25) is 5.91 Å². The molecule has 0 bridgehead atoms. The van der Waals surface area contributed by atoms with Gasteiger partial charge in [0.15, 0.2) is 0 Å². The second-order valence-electron chi connectivity index (χ2n) is 15.0. The normalized spacial score (nSPS) is 18.7. The van der Waals surface area contributed by atoms with Crippen LogP contribution in [0.1, 0.15) is 79.5 Å². The number of aromatic nitrogens is 3. The van der Waals surface area contributed by atoms with Crippen molar-refractivity contribution in [2.75, 3.05) is 51.1 Å². The number of anilines is 1. The molecule has 2 saturated heterocycles. The van der Waals surface area contributed by atoms with Crippen LogP contribution < -0.4 is 5.32 Å². The largest absolute Gasteiger partial charge is 0.393 e. The van der Waals surface area contributed by atoms with E-state index >= 15 is 0 Å². The third kappa shape index (κ3) is 8.72. The van der Waals surface area contributed by atoms with Crippen molar-refractivity contribution < 1.29 is 18.0 Å². The smallest absolute Gasteiger partial charge is 0.367 e. The van der Waals surface area contributed by atoms with Gasteiger partial charge in [0.25, 0.3) is 0 Å². The minimum Gasteiger partial charge on any atom is -0.367 e. The number of fused-ring (bicyclic) bond motifs is 2. The van der Waals surface area contributed by atoms with E-state index in [4.69, 9.17) is 0 Å². The maximum Gasteiger partial charge on any atom is 0.393 e. The number of amides is 1. The van der Waals surface area contributed by atoms with Crippen LogP contribution >= 0.6 is 11.3 Å². The Morgan fingerprint density at radius 1 is 0.962 bits per heavy atom. The first-order valence-electron chi connectivity index (χ1n) is 18.9. The monoisotopic (exact) mass is 734 g/mol. The fourth-order valence-corrected chi connectivity index (χ4v) is 9.45. The quantitative estimate of drug-likeness (QED) is 0.171. The minimum atomic E-state index is -4.26. The van der Waals surface area contributed by atoms with Gasteiger partial charge in [0.05, 0.1) is 11.8 Å². The predicted octanol–water partition coefficient (Wildman–Crippen LogP) is 7.51. The summed E-state index contributed by atoms with van der Waals surface area (Å²) in [6.45, 7) is 9.60. The van der Waals surface area contributed by atoms with Gasteiger partial charge in [-0.25, -0.2) is 9.97 Å². The van der Waals surface area contributed by atoms with Crippen LogP contribution in [0, 0.1) is 24.2 Å². The highest BCUT2D eigenvalue weighted by Crippen LogP contribution is 2.34. The van der Waals surface area contributed by atoms with Gasteiger partial charge in [0.1, 0.15) is 28.7 Å². The Kier molecular flexibility index (Phi) is 11.3. The van der Waals surface area contributed by atoms with Gasteiger partial charge in [0, 0.05) is 87.1 Å². The molecule has 0 atom stereocenters. The highest BCUT2D eigenvalue weighted by Gasteiger charge is 2.30. The van der Waals surface area contributed by atoms with Crippen LogP contribution in [0.15, 0.2) is 30.6 Å². The lowest BCUT2D eigenvalue weighted by atomic mass is 9.86. The highest BCUT2D eigenvalue weighted by molar-refractivity contribution is 7.18. The summed E-state index contributed by atoms with van der Waals surface area (Å²) in [6.07, 6.45) is 6.27. The number of rotatable bonds is 11. The molecule has 4 aromatic rings. The molecule has 2 aliphatic heterocycles. The van der Waals surface area contributed by atoms with E-state index in [2.05, 4.69) is 59.7 Å². The summed E-state index contributed by atoms with van der Waals surface area (Å²) >= 11 is 1.07. The number of carbonyl (C=O) groups is 1. The van der Waals surface area contributed by atoms with Crippen molar-refractivity contribution in [3.63, 3.8) is 0 Å². The second-order valence-corrected chi connectivity index (χ2v) is 16.1. The number of aryl methyl sites for hydroxylation is 1. The van der Waals surface area contributed by atoms with Gasteiger partial charge in [-0.2, -0.15) is 18.4 Å². The summed E-state index contributed by atoms with van der Waals surface area (Å²) in [4.78, 5) is 29.2. The number of alkyl halides is 3. The Labute approximate surface area is 307 Å². The first-order chi connectivity index (χ1) is 25.1. The van der Waals surface area contributed by atoms with Crippen LogP contribution in [0.25, 0.3) is 21.1 Å². The Morgan fingerprint density at radius 3 is 2.46 bits per heavy atom. The molecule has 0 unspecified atom stereocenters. The molecule has 278 valence electrons. The topological polar surface area (TPSA) is 93.3 Å². The number of benzene rings is 1. The van der Waals surface area contributed by atoms with Crippen LogP contribution in [0.4, 0.5) is 19.0 Å². The van der Waals surface area contributed by atoms with E-state index in [1.54, 1.807) is 6.07 Å². The zero-order valence-corrected chi connectivity index (χ0v) is 30.9. The van der Waals surface area contributed by atoms with Gasteiger partial charge in [-0.3, -0.25) is 14.6 Å². The van der Waals surface area contributed by atoms with E-state index in [0.717, 1.165) is 106 Å². The van der Waals surface area contributed by atoms with Crippen LogP contribution in [-0.4, -0.2) is 93.2 Å². The molecule has 7 rings (SSSR count). The van der Waals surface area contributed by atoms with Gasteiger partial charge < -0.3 is 14.8 Å². The van der Waals surface area contributed by atoms with Crippen molar-refractivity contribution >= 4 is 44.2 Å². The third-order valence-electron chi connectivity index (χ3n) is 11.5. The molecule has 0 spiro atoms. The van der Waals surface area contributed by atoms with Gasteiger partial charge in [-0.15, -0.1) is 11.3 Å². The van der Waals surface area contributed by atoms with Gasteiger partial charge >= 0.3 is 6.18 Å². The lowest BCUT2D eigenvalue weighted by Gasteiger charge is -2.35. The molecule has 3 aromatic heterocycles. The summed E-state index contributed by atoms with van der Waals surface area (Å²) in [6, 6.07) is 10.5. The van der Waals surface area contributed by atoms with E-state index in [9.17, 15) is 23.2 Å². The maximum atomic E-state index is 13.0. The predicted molar refractivity (Wildman–Crippen MR) is 199 cm³/mol. The van der Waals surface area contributed by atoms with Crippen LogP contribution in [-0.2, 0) is 24.3 Å². The average molecular weight is 735 g/mol. The number of piperidine rings is 1. The van der Waals surface area contributed by atoms with Crippen molar-refractivity contribution in [2.24, 2.45) is 5.92 Å². The number of nitriles is 1. The summed E-state index contributed by atoms with van der Waals surface area (Å²) in [5.74, 6) is 1.65. The molecule has 52 heavy (non-hydrogen) atoms. The molecule has 13 heteroatoms. The fourth-order valence-electron chi connectivity index (χ4n) is 8.42. The molecule has 5 heterocycles. The number of halogens is 3. The first-order valence-corrected chi connectivity index (χ1v) is 19.8. The van der Waals surface area contributed by atoms with E-state index in [-0.39, 0.29) is 10.9 Å². The minimum absolute atomic E-state index is 0.172.